The minimum Gasteiger partial charge on any atom is -0.281 e. The smallest absolute Gasteiger partial charge is 0.253 e. The highest BCUT2D eigenvalue weighted by atomic mass is 32.2. The van der Waals surface area contributed by atoms with Gasteiger partial charge in [0.1, 0.15) is 4.21 Å². The number of aromatic nitrogens is 3. The first-order chi connectivity index (χ1) is 12.1. The van der Waals surface area contributed by atoms with Crippen LogP contribution in [0.4, 0.5) is 0 Å². The number of nitrogens with zero attached hydrogens (tertiary/aromatic N) is 3. The summed E-state index contributed by atoms with van der Waals surface area (Å²) in [5.74, 6) is 0. The first kappa shape index (κ1) is 16.9. The third-order valence-electron chi connectivity index (χ3n) is 4.35. The van der Waals surface area contributed by atoms with Gasteiger partial charge in [-0.15, -0.1) is 22.7 Å². The van der Waals surface area contributed by atoms with Crippen molar-refractivity contribution in [2.45, 2.75) is 36.4 Å². The van der Waals surface area contributed by atoms with Crippen LogP contribution in [0.25, 0.3) is 10.6 Å². The van der Waals surface area contributed by atoms with Crippen LogP contribution in [0.1, 0.15) is 36.0 Å². The lowest BCUT2D eigenvalue weighted by molar-refractivity contribution is 0.252. The first-order valence-electron chi connectivity index (χ1n) is 8.09. The maximum atomic E-state index is 13.2. The third-order valence-corrected chi connectivity index (χ3v) is 8.61. The van der Waals surface area contributed by atoms with E-state index in [0.717, 1.165) is 40.5 Å². The van der Waals surface area contributed by atoms with Crippen LogP contribution in [0.2, 0.25) is 0 Å². The number of aromatic amines is 1. The monoisotopic (exact) mass is 394 g/mol. The summed E-state index contributed by atoms with van der Waals surface area (Å²) in [5, 5.41) is 9.85. The lowest BCUT2D eigenvalue weighted by atomic mass is 10.0. The minimum atomic E-state index is -3.54. The molecule has 0 bridgehead atoms. The molecule has 0 amide bonds. The number of aryl methyl sites for hydroxylation is 1. The molecule has 6 nitrogen and oxygen atoms in total. The Morgan fingerprint density at radius 3 is 2.88 bits per heavy atom. The molecule has 9 heteroatoms. The van der Waals surface area contributed by atoms with Gasteiger partial charge in [0.2, 0.25) is 0 Å². The molecule has 1 aliphatic rings. The largest absolute Gasteiger partial charge is 0.281 e. The normalized spacial score (nSPS) is 19.3. The fraction of sp³-hybridized carbons (Fsp3) is 0.375. The zero-order chi connectivity index (χ0) is 17.4. The topological polar surface area (TPSA) is 79.0 Å². The van der Waals surface area contributed by atoms with Gasteiger partial charge < -0.3 is 0 Å². The molecule has 132 valence electrons. The number of hydrogen-bond acceptors (Lipinski definition) is 6. The second kappa shape index (κ2) is 6.64. The summed E-state index contributed by atoms with van der Waals surface area (Å²) in [6, 6.07) is 5.23. The summed E-state index contributed by atoms with van der Waals surface area (Å²) in [6.07, 6.45) is 4.38. The van der Waals surface area contributed by atoms with Crippen molar-refractivity contribution in [2.75, 3.05) is 6.54 Å². The molecule has 3 aromatic heterocycles. The van der Waals surface area contributed by atoms with Gasteiger partial charge in [0.25, 0.3) is 10.0 Å². The fourth-order valence-corrected chi connectivity index (χ4v) is 6.90. The Bertz CT molecular complexity index is 959. The Morgan fingerprint density at radius 1 is 1.28 bits per heavy atom. The van der Waals surface area contributed by atoms with E-state index in [1.807, 2.05) is 24.4 Å². The summed E-state index contributed by atoms with van der Waals surface area (Å²) in [4.78, 5) is 5.34. The number of nitrogens with one attached hydrogen (secondary N) is 1. The molecule has 0 spiro atoms. The van der Waals surface area contributed by atoms with Crippen LogP contribution in [-0.4, -0.2) is 34.4 Å². The van der Waals surface area contributed by atoms with Gasteiger partial charge in [0.05, 0.1) is 27.3 Å². The number of rotatable bonds is 4. The van der Waals surface area contributed by atoms with Crippen molar-refractivity contribution in [2.24, 2.45) is 0 Å². The molecule has 4 rings (SSSR count). The molecule has 25 heavy (non-hydrogen) atoms. The lowest BCUT2D eigenvalue weighted by Crippen LogP contribution is -2.38. The van der Waals surface area contributed by atoms with E-state index in [1.165, 1.54) is 11.3 Å². The van der Waals surface area contributed by atoms with Gasteiger partial charge in [0.15, 0.2) is 0 Å². The maximum absolute atomic E-state index is 13.2. The van der Waals surface area contributed by atoms with Crippen LogP contribution >= 0.6 is 22.7 Å². The molecule has 1 aliphatic heterocycles. The molecule has 4 heterocycles. The van der Waals surface area contributed by atoms with Crippen molar-refractivity contribution in [3.63, 3.8) is 0 Å². The number of piperidine rings is 1. The lowest BCUT2D eigenvalue weighted by Gasteiger charge is -2.33. The van der Waals surface area contributed by atoms with Gasteiger partial charge in [-0.3, -0.25) is 5.10 Å². The van der Waals surface area contributed by atoms with Crippen LogP contribution in [0, 0.1) is 6.92 Å². The Balaban J connectivity index is 1.67. The number of thiophene rings is 1. The molecule has 1 saturated heterocycles. The van der Waals surface area contributed by atoms with E-state index in [1.54, 1.807) is 27.9 Å². The van der Waals surface area contributed by atoms with E-state index in [2.05, 4.69) is 15.2 Å². The summed E-state index contributed by atoms with van der Waals surface area (Å²) >= 11 is 2.86. The van der Waals surface area contributed by atoms with Gasteiger partial charge >= 0.3 is 0 Å². The molecular weight excluding hydrogens is 376 g/mol. The molecule has 1 unspecified atom stereocenters. The van der Waals surface area contributed by atoms with Crippen molar-refractivity contribution in [3.8, 4) is 10.6 Å². The highest BCUT2D eigenvalue weighted by molar-refractivity contribution is 7.91. The molecule has 3 aromatic rings. The second-order valence-corrected chi connectivity index (χ2v) is 10.3. The molecule has 0 radical (unpaired) electrons. The maximum Gasteiger partial charge on any atom is 0.253 e. The van der Waals surface area contributed by atoms with Crippen molar-refractivity contribution >= 4 is 32.7 Å². The van der Waals surface area contributed by atoms with E-state index in [-0.39, 0.29) is 6.04 Å². The average molecular weight is 395 g/mol. The zero-order valence-electron chi connectivity index (χ0n) is 13.7. The zero-order valence-corrected chi connectivity index (χ0v) is 16.1. The van der Waals surface area contributed by atoms with Crippen LogP contribution in [0.15, 0.2) is 34.0 Å². The summed E-state index contributed by atoms with van der Waals surface area (Å²) < 4.78 is 28.4. The Hall–Kier alpha value is -1.55. The molecule has 0 saturated carbocycles. The summed E-state index contributed by atoms with van der Waals surface area (Å²) in [5.41, 5.74) is 1.70. The third kappa shape index (κ3) is 3.17. The number of sulfonamides is 1. The summed E-state index contributed by atoms with van der Waals surface area (Å²) in [6.45, 7) is 2.48. The van der Waals surface area contributed by atoms with Gasteiger partial charge in [-0.25, -0.2) is 13.4 Å². The summed E-state index contributed by atoms with van der Waals surface area (Å²) in [7, 11) is -3.54. The van der Waals surface area contributed by atoms with Crippen LogP contribution in [-0.2, 0) is 10.0 Å². The van der Waals surface area contributed by atoms with Crippen LogP contribution < -0.4 is 0 Å². The van der Waals surface area contributed by atoms with E-state index >= 15 is 0 Å². The number of hydrogen-bond donors (Lipinski definition) is 1. The quantitative estimate of drug-likeness (QED) is 0.730. The van der Waals surface area contributed by atoms with Crippen LogP contribution in [0.3, 0.4) is 0 Å². The van der Waals surface area contributed by atoms with E-state index in [0.29, 0.717) is 10.8 Å². The van der Waals surface area contributed by atoms with Crippen molar-refractivity contribution in [1.29, 1.82) is 0 Å². The molecule has 0 aromatic carbocycles. The highest BCUT2D eigenvalue weighted by Gasteiger charge is 2.36. The average Bonchev–Trinajstić information content (AvgIpc) is 3.36. The predicted octanol–water partition coefficient (Wildman–Crippen LogP) is 3.82. The Morgan fingerprint density at radius 2 is 2.16 bits per heavy atom. The van der Waals surface area contributed by atoms with E-state index in [9.17, 15) is 8.42 Å². The van der Waals surface area contributed by atoms with Gasteiger partial charge in [0, 0.05) is 18.1 Å². The number of H-pyrrole nitrogens is 1. The van der Waals surface area contributed by atoms with Crippen molar-refractivity contribution < 1.29 is 8.42 Å². The predicted molar refractivity (Wildman–Crippen MR) is 99.2 cm³/mol. The Kier molecular flexibility index (Phi) is 4.48. The fourth-order valence-electron chi connectivity index (χ4n) is 3.14. The van der Waals surface area contributed by atoms with Gasteiger partial charge in [-0.05, 0) is 38.0 Å². The molecule has 0 aliphatic carbocycles. The Labute approximate surface area is 154 Å². The molecular formula is C16H18N4O2S3. The standard InChI is InChI=1S/C16H18N4O2S3/c1-11-18-13(10-23-11)15-5-6-16(24-15)25(21,22)20-9-3-2-4-14(20)12-7-8-17-19-12/h5-8,10,14H,2-4,9H2,1H3,(H,17,19). The minimum absolute atomic E-state index is 0.173. The molecule has 1 atom stereocenters. The van der Waals surface area contributed by atoms with Crippen molar-refractivity contribution in [1.82, 2.24) is 19.5 Å². The van der Waals surface area contributed by atoms with E-state index in [4.69, 9.17) is 0 Å². The molecule has 1 fully saturated rings. The van der Waals surface area contributed by atoms with Gasteiger partial charge in [-0.2, -0.15) is 9.40 Å². The molecule has 1 N–H and O–H groups in total. The van der Waals surface area contributed by atoms with Gasteiger partial charge in [-0.1, -0.05) is 6.42 Å². The van der Waals surface area contributed by atoms with Crippen molar-refractivity contribution in [3.05, 3.63) is 40.5 Å². The highest BCUT2D eigenvalue weighted by Crippen LogP contribution is 2.38. The first-order valence-corrected chi connectivity index (χ1v) is 11.2. The van der Waals surface area contributed by atoms with Crippen LogP contribution in [0.5, 0.6) is 0 Å². The SMILES string of the molecule is Cc1nc(-c2ccc(S(=O)(=O)N3CCCCC3c3ccn[nH]3)s2)cs1. The second-order valence-electron chi connectivity index (χ2n) is 6.01. The van der Waals surface area contributed by atoms with E-state index < -0.39 is 10.0 Å². The number of thiazole rings is 1.